The molecule has 0 heteroatoms. The van der Waals surface area contributed by atoms with Gasteiger partial charge in [-0.05, 0) is 121 Å². The Morgan fingerprint density at radius 2 is 0.783 bits per heavy atom. The van der Waals surface area contributed by atoms with Crippen molar-refractivity contribution in [2.24, 2.45) is 0 Å². The first-order chi connectivity index (χ1) is 22.8. The Balaban J connectivity index is 1.51. The largest absolute Gasteiger partial charge is 0.0622 e. The first kappa shape index (κ1) is 24.4. The van der Waals surface area contributed by atoms with Crippen molar-refractivity contribution in [2.45, 2.75) is 0 Å². The Kier molecular flexibility index (Phi) is 4.66. The summed E-state index contributed by atoms with van der Waals surface area (Å²) in [7, 11) is 0. The summed E-state index contributed by atoms with van der Waals surface area (Å²) in [4.78, 5) is 0. The quantitative estimate of drug-likeness (QED) is 0.179. The van der Waals surface area contributed by atoms with Crippen LogP contribution in [0, 0.1) is 0 Å². The second-order valence-corrected chi connectivity index (χ2v) is 12.8. The maximum Gasteiger partial charge on any atom is -0.000719 e. The molecule has 0 saturated heterocycles. The van der Waals surface area contributed by atoms with Crippen LogP contribution in [0.1, 0.15) is 0 Å². The molecule has 210 valence electrons. The molecule has 0 saturated carbocycles. The van der Waals surface area contributed by atoms with Crippen molar-refractivity contribution in [3.8, 4) is 22.3 Å². The highest BCUT2D eigenvalue weighted by molar-refractivity contribution is 6.44. The standard InChI is InChI=1S/C46H26/c1-2-12-29(13-3-1)41-39-26-38-33-18-7-6-17-32(33)34-19-10-22-37(43(34)38)44(39)42(31-24-23-27-11-4-5-14-30(27)25-31)46-36-21-9-16-28-15-8-20-35(40(28)36)45(41)46/h1-26H. The molecule has 0 unspecified atom stereocenters. The van der Waals surface area contributed by atoms with Gasteiger partial charge in [-0.15, -0.1) is 0 Å². The predicted octanol–water partition coefficient (Wildman–Crippen LogP) is 13.1. The van der Waals surface area contributed by atoms with Crippen LogP contribution in [0.5, 0.6) is 0 Å². The van der Waals surface area contributed by atoms with E-state index in [2.05, 4.69) is 158 Å². The van der Waals surface area contributed by atoms with Crippen molar-refractivity contribution in [3.05, 3.63) is 158 Å². The third-order valence-corrected chi connectivity index (χ3v) is 10.5. The summed E-state index contributed by atoms with van der Waals surface area (Å²) in [5.41, 5.74) is 5.18. The second-order valence-electron chi connectivity index (χ2n) is 12.8. The van der Waals surface area contributed by atoms with E-state index < -0.39 is 0 Å². The van der Waals surface area contributed by atoms with Crippen LogP contribution in [0.4, 0.5) is 0 Å². The summed E-state index contributed by atoms with van der Waals surface area (Å²) in [6, 6.07) is 58.9. The molecule has 11 aromatic carbocycles. The highest BCUT2D eigenvalue weighted by Gasteiger charge is 2.26. The summed E-state index contributed by atoms with van der Waals surface area (Å²) in [5.74, 6) is 0. The Hall–Kier alpha value is -5.98. The van der Waals surface area contributed by atoms with Gasteiger partial charge < -0.3 is 0 Å². The van der Waals surface area contributed by atoms with Crippen LogP contribution in [-0.2, 0) is 0 Å². The number of rotatable bonds is 2. The Morgan fingerprint density at radius 1 is 0.217 bits per heavy atom. The van der Waals surface area contributed by atoms with E-state index in [4.69, 9.17) is 0 Å². The number of benzene rings is 9. The van der Waals surface area contributed by atoms with E-state index in [1.807, 2.05) is 0 Å². The van der Waals surface area contributed by atoms with Crippen LogP contribution >= 0.6 is 0 Å². The fraction of sp³-hybridized carbons (Fsp3) is 0. The molecule has 0 bridgehead atoms. The number of hydrogen-bond acceptors (Lipinski definition) is 0. The van der Waals surface area contributed by atoms with Crippen LogP contribution < -0.4 is 0 Å². The fourth-order valence-electron chi connectivity index (χ4n) is 8.68. The topological polar surface area (TPSA) is 0 Å². The van der Waals surface area contributed by atoms with Crippen LogP contribution in [-0.4, -0.2) is 0 Å². The average Bonchev–Trinajstić information content (AvgIpc) is 3.62. The minimum Gasteiger partial charge on any atom is -0.0622 e. The third-order valence-electron chi connectivity index (χ3n) is 10.5. The maximum absolute atomic E-state index is 2.52. The smallest absolute Gasteiger partial charge is 0.000719 e. The van der Waals surface area contributed by atoms with Crippen LogP contribution in [0.3, 0.4) is 0 Å². The molecule has 0 N–H and O–H groups in total. The molecule has 11 rings (SSSR count). The van der Waals surface area contributed by atoms with E-state index in [1.165, 1.54) is 108 Å². The Labute approximate surface area is 265 Å². The Bertz CT molecular complexity index is 3000. The molecule has 0 fully saturated rings. The van der Waals surface area contributed by atoms with Crippen molar-refractivity contribution in [1.82, 2.24) is 0 Å². The predicted molar refractivity (Wildman–Crippen MR) is 200 cm³/mol. The van der Waals surface area contributed by atoms with Gasteiger partial charge in [-0.1, -0.05) is 146 Å². The lowest BCUT2D eigenvalue weighted by molar-refractivity contribution is 1.69. The summed E-state index contributed by atoms with van der Waals surface area (Å²) < 4.78 is 0. The molecule has 0 atom stereocenters. The summed E-state index contributed by atoms with van der Waals surface area (Å²) in [5, 5.41) is 21.2. The van der Waals surface area contributed by atoms with Gasteiger partial charge in [0.25, 0.3) is 0 Å². The molecule has 0 spiro atoms. The van der Waals surface area contributed by atoms with Crippen molar-refractivity contribution < 1.29 is 0 Å². The van der Waals surface area contributed by atoms with Gasteiger partial charge in [-0.3, -0.25) is 0 Å². The molecule has 0 aliphatic heterocycles. The molecule has 0 amide bonds. The molecular formula is C46H26. The maximum atomic E-state index is 2.52. The van der Waals surface area contributed by atoms with Gasteiger partial charge in [0, 0.05) is 0 Å². The average molecular weight is 579 g/mol. The molecule has 46 heavy (non-hydrogen) atoms. The van der Waals surface area contributed by atoms with Gasteiger partial charge in [-0.25, -0.2) is 0 Å². The SMILES string of the molecule is c1ccc(-c2c3cc4c5ccccc5c5cccc(c3c(-c3ccc6ccccc6c3)c3c6cccc7cccc(c23)c76)c54)cc1. The van der Waals surface area contributed by atoms with Gasteiger partial charge in [0.05, 0.1) is 0 Å². The first-order valence-electron chi connectivity index (χ1n) is 16.1. The number of hydrogen-bond donors (Lipinski definition) is 0. The molecular weight excluding hydrogens is 553 g/mol. The normalized spacial score (nSPS) is 12.3. The lowest BCUT2D eigenvalue weighted by Crippen LogP contribution is -1.91. The lowest BCUT2D eigenvalue weighted by atomic mass is 9.83. The molecule has 11 aromatic rings. The second kappa shape index (κ2) is 8.81. The monoisotopic (exact) mass is 578 g/mol. The van der Waals surface area contributed by atoms with Crippen molar-refractivity contribution in [3.63, 3.8) is 0 Å². The minimum absolute atomic E-state index is 1.26. The van der Waals surface area contributed by atoms with E-state index in [9.17, 15) is 0 Å². The minimum atomic E-state index is 1.26. The zero-order chi connectivity index (χ0) is 29.9. The van der Waals surface area contributed by atoms with Crippen molar-refractivity contribution >= 4 is 86.2 Å². The fourth-order valence-corrected chi connectivity index (χ4v) is 8.68. The van der Waals surface area contributed by atoms with E-state index in [-0.39, 0.29) is 0 Å². The van der Waals surface area contributed by atoms with E-state index in [1.54, 1.807) is 0 Å². The zero-order valence-corrected chi connectivity index (χ0v) is 25.0. The lowest BCUT2D eigenvalue weighted by Gasteiger charge is -2.19. The van der Waals surface area contributed by atoms with Crippen LogP contribution in [0.15, 0.2) is 158 Å². The first-order valence-corrected chi connectivity index (χ1v) is 16.1. The Morgan fingerprint density at radius 3 is 1.57 bits per heavy atom. The van der Waals surface area contributed by atoms with Crippen molar-refractivity contribution in [1.29, 1.82) is 0 Å². The zero-order valence-electron chi connectivity index (χ0n) is 25.0. The number of fused-ring (bicyclic) bond motifs is 9. The highest BCUT2D eigenvalue weighted by atomic mass is 14.3. The molecule has 0 aliphatic carbocycles. The van der Waals surface area contributed by atoms with E-state index in [0.717, 1.165) is 0 Å². The van der Waals surface area contributed by atoms with Gasteiger partial charge in [0.2, 0.25) is 0 Å². The molecule has 0 heterocycles. The van der Waals surface area contributed by atoms with E-state index >= 15 is 0 Å². The van der Waals surface area contributed by atoms with Gasteiger partial charge in [-0.2, -0.15) is 0 Å². The molecule has 0 aliphatic rings. The summed E-state index contributed by atoms with van der Waals surface area (Å²) in [6.45, 7) is 0. The summed E-state index contributed by atoms with van der Waals surface area (Å²) in [6.07, 6.45) is 0. The summed E-state index contributed by atoms with van der Waals surface area (Å²) >= 11 is 0. The molecule has 0 radical (unpaired) electrons. The van der Waals surface area contributed by atoms with Crippen LogP contribution in [0.2, 0.25) is 0 Å². The van der Waals surface area contributed by atoms with Crippen molar-refractivity contribution in [2.75, 3.05) is 0 Å². The highest BCUT2D eigenvalue weighted by Crippen LogP contribution is 2.54. The van der Waals surface area contributed by atoms with Gasteiger partial charge in [0.1, 0.15) is 0 Å². The van der Waals surface area contributed by atoms with Crippen LogP contribution in [0.25, 0.3) is 108 Å². The van der Waals surface area contributed by atoms with E-state index in [0.29, 0.717) is 0 Å². The molecule has 0 aromatic heterocycles. The van der Waals surface area contributed by atoms with Gasteiger partial charge in [0.15, 0.2) is 0 Å². The van der Waals surface area contributed by atoms with Gasteiger partial charge >= 0.3 is 0 Å². The third kappa shape index (κ3) is 3.04. The molecule has 0 nitrogen and oxygen atoms in total.